The maximum absolute atomic E-state index is 14.1. The van der Waals surface area contributed by atoms with Gasteiger partial charge in [0.25, 0.3) is 0 Å². The number of cyclic esters (lactones) is 1. The quantitative estimate of drug-likeness (QED) is 0.803. The van der Waals surface area contributed by atoms with Crippen LogP contribution in [0, 0.1) is 0 Å². The smallest absolute Gasteiger partial charge is 0.385 e. The topological polar surface area (TPSA) is 26.3 Å². The minimum Gasteiger partial charge on any atom is -0.442 e. The van der Waals surface area contributed by atoms with E-state index >= 15 is 0 Å². The van der Waals surface area contributed by atoms with Gasteiger partial charge in [-0.1, -0.05) is 60.7 Å². The lowest BCUT2D eigenvalue weighted by Crippen LogP contribution is -2.66. The summed E-state index contributed by atoms with van der Waals surface area (Å²) in [5.41, 5.74) is -0.885. The van der Waals surface area contributed by atoms with Crippen molar-refractivity contribution in [2.75, 3.05) is 0 Å². The summed E-state index contributed by atoms with van der Waals surface area (Å²) in [5.74, 6) is -4.97. The molecule has 0 spiro atoms. The lowest BCUT2D eigenvalue weighted by atomic mass is 9.77. The van der Waals surface area contributed by atoms with Gasteiger partial charge in [-0.05, 0) is 5.56 Å². The van der Waals surface area contributed by atoms with Crippen LogP contribution in [0.3, 0.4) is 0 Å². The van der Waals surface area contributed by atoms with Crippen molar-refractivity contribution in [3.05, 3.63) is 71.8 Å². The van der Waals surface area contributed by atoms with Crippen LogP contribution in [-0.2, 0) is 21.6 Å². The van der Waals surface area contributed by atoms with E-state index in [0.29, 0.717) is 11.1 Å². The molecule has 1 aliphatic heterocycles. The highest BCUT2D eigenvalue weighted by Crippen LogP contribution is 2.52. The summed E-state index contributed by atoms with van der Waals surface area (Å²) >= 11 is 0. The van der Waals surface area contributed by atoms with Gasteiger partial charge in [0.15, 0.2) is 0 Å². The predicted molar refractivity (Wildman–Crippen MR) is 69.3 cm³/mol. The molecule has 20 heavy (non-hydrogen) atoms. The number of ether oxygens (including phenoxy) is 1. The standard InChI is InChI=1S/C16H12F2O2/c17-16(18)14(19)20-15(16,13-9-5-2-6-10-13)11-12-7-3-1-4-8-12/h1-10H,11H2. The monoisotopic (exact) mass is 274 g/mol. The number of esters is 1. The number of hydrogen-bond acceptors (Lipinski definition) is 2. The first-order valence-electron chi connectivity index (χ1n) is 6.27. The Kier molecular flexibility index (Phi) is 2.82. The van der Waals surface area contributed by atoms with E-state index in [-0.39, 0.29) is 6.42 Å². The average Bonchev–Trinajstić information content (AvgIpc) is 2.48. The lowest BCUT2D eigenvalue weighted by Gasteiger charge is -2.47. The summed E-state index contributed by atoms with van der Waals surface area (Å²) < 4.78 is 33.2. The first-order valence-corrected chi connectivity index (χ1v) is 6.27. The molecule has 2 nitrogen and oxygen atoms in total. The normalized spacial score (nSPS) is 23.8. The number of rotatable bonds is 3. The van der Waals surface area contributed by atoms with E-state index in [0.717, 1.165) is 0 Å². The summed E-state index contributed by atoms with van der Waals surface area (Å²) in [6.07, 6.45) is -0.0450. The van der Waals surface area contributed by atoms with Gasteiger partial charge in [0, 0.05) is 12.0 Å². The molecule has 1 fully saturated rings. The van der Waals surface area contributed by atoms with Gasteiger partial charge in [0.1, 0.15) is 0 Å². The molecule has 0 aliphatic carbocycles. The first kappa shape index (κ1) is 12.8. The molecule has 0 N–H and O–H groups in total. The molecule has 1 heterocycles. The first-order chi connectivity index (χ1) is 9.56. The van der Waals surface area contributed by atoms with Crippen LogP contribution in [0.15, 0.2) is 60.7 Å². The van der Waals surface area contributed by atoms with Crippen molar-refractivity contribution < 1.29 is 18.3 Å². The van der Waals surface area contributed by atoms with Crippen molar-refractivity contribution in [2.24, 2.45) is 0 Å². The van der Waals surface area contributed by atoms with Gasteiger partial charge in [-0.3, -0.25) is 0 Å². The Bertz CT molecular complexity index is 625. The molecule has 0 bridgehead atoms. The van der Waals surface area contributed by atoms with E-state index < -0.39 is 17.5 Å². The lowest BCUT2D eigenvalue weighted by molar-refractivity contribution is -0.291. The SMILES string of the molecule is O=C1OC(Cc2ccccc2)(c2ccccc2)C1(F)F. The molecule has 3 rings (SSSR count). The molecule has 1 aliphatic rings. The van der Waals surface area contributed by atoms with Crippen LogP contribution >= 0.6 is 0 Å². The third-order valence-corrected chi connectivity index (χ3v) is 3.57. The predicted octanol–water partition coefficient (Wildman–Crippen LogP) is 3.32. The van der Waals surface area contributed by atoms with Gasteiger partial charge >= 0.3 is 11.9 Å². The van der Waals surface area contributed by atoms with Gasteiger partial charge in [-0.25, -0.2) is 4.79 Å². The molecule has 2 aromatic carbocycles. The molecule has 0 aromatic heterocycles. The summed E-state index contributed by atoms with van der Waals surface area (Å²) in [6, 6.07) is 17.0. The second-order valence-electron chi connectivity index (χ2n) is 4.82. The zero-order valence-corrected chi connectivity index (χ0v) is 10.6. The number of hydrogen-bond donors (Lipinski definition) is 0. The Balaban J connectivity index is 2.05. The van der Waals surface area contributed by atoms with Crippen LogP contribution in [0.1, 0.15) is 11.1 Å². The van der Waals surface area contributed by atoms with Crippen molar-refractivity contribution >= 4 is 5.97 Å². The van der Waals surface area contributed by atoms with E-state index in [1.165, 1.54) is 0 Å². The molecule has 1 unspecified atom stereocenters. The van der Waals surface area contributed by atoms with E-state index in [4.69, 9.17) is 4.74 Å². The largest absolute Gasteiger partial charge is 0.442 e. The zero-order valence-electron chi connectivity index (χ0n) is 10.6. The third-order valence-electron chi connectivity index (χ3n) is 3.57. The number of alkyl halides is 2. The minimum absolute atomic E-state index is 0.0450. The van der Waals surface area contributed by atoms with Crippen molar-refractivity contribution in [1.82, 2.24) is 0 Å². The minimum atomic E-state index is -3.51. The van der Waals surface area contributed by atoms with Gasteiger partial charge in [0.2, 0.25) is 5.60 Å². The van der Waals surface area contributed by atoms with Crippen LogP contribution in [0.2, 0.25) is 0 Å². The third kappa shape index (κ3) is 1.72. The van der Waals surface area contributed by atoms with Crippen LogP contribution in [-0.4, -0.2) is 11.9 Å². The van der Waals surface area contributed by atoms with Crippen molar-refractivity contribution in [1.29, 1.82) is 0 Å². The van der Waals surface area contributed by atoms with E-state index in [9.17, 15) is 13.6 Å². The zero-order chi connectivity index (χ0) is 14.2. The summed E-state index contributed by atoms with van der Waals surface area (Å²) in [6.45, 7) is 0. The maximum atomic E-state index is 14.1. The Morgan fingerprint density at radius 3 is 1.95 bits per heavy atom. The number of halogens is 2. The molecule has 0 amide bonds. The Morgan fingerprint density at radius 2 is 1.45 bits per heavy atom. The molecule has 1 atom stereocenters. The second-order valence-corrected chi connectivity index (χ2v) is 4.82. The van der Waals surface area contributed by atoms with E-state index in [1.54, 1.807) is 54.6 Å². The molecular formula is C16H12F2O2. The fourth-order valence-corrected chi connectivity index (χ4v) is 2.49. The van der Waals surface area contributed by atoms with Gasteiger partial charge in [-0.15, -0.1) is 0 Å². The summed E-state index contributed by atoms with van der Waals surface area (Å²) in [4.78, 5) is 11.2. The number of carbonyl (C=O) groups is 1. The molecular weight excluding hydrogens is 262 g/mol. The van der Waals surface area contributed by atoms with E-state index in [1.807, 2.05) is 6.07 Å². The molecule has 0 radical (unpaired) electrons. The fraction of sp³-hybridized carbons (Fsp3) is 0.188. The van der Waals surface area contributed by atoms with Crippen LogP contribution in [0.25, 0.3) is 0 Å². The van der Waals surface area contributed by atoms with Gasteiger partial charge in [-0.2, -0.15) is 8.78 Å². The van der Waals surface area contributed by atoms with Crippen LogP contribution in [0.4, 0.5) is 8.78 Å². The molecule has 2 aromatic rings. The summed E-state index contributed by atoms with van der Waals surface area (Å²) in [5, 5.41) is 0. The number of carbonyl (C=O) groups excluding carboxylic acids is 1. The fourth-order valence-electron chi connectivity index (χ4n) is 2.49. The average molecular weight is 274 g/mol. The van der Waals surface area contributed by atoms with Gasteiger partial charge < -0.3 is 4.74 Å². The maximum Gasteiger partial charge on any atom is 0.385 e. The highest BCUT2D eigenvalue weighted by Gasteiger charge is 2.73. The molecule has 4 heteroatoms. The summed E-state index contributed by atoms with van der Waals surface area (Å²) in [7, 11) is 0. The van der Waals surface area contributed by atoms with Crippen LogP contribution in [0.5, 0.6) is 0 Å². The Morgan fingerprint density at radius 1 is 0.900 bits per heavy atom. The molecule has 1 saturated heterocycles. The van der Waals surface area contributed by atoms with E-state index in [2.05, 4.69) is 0 Å². The van der Waals surface area contributed by atoms with Gasteiger partial charge in [0.05, 0.1) is 0 Å². The highest BCUT2D eigenvalue weighted by molar-refractivity contribution is 5.86. The van der Waals surface area contributed by atoms with Crippen molar-refractivity contribution in [2.45, 2.75) is 17.9 Å². The molecule has 0 saturated carbocycles. The van der Waals surface area contributed by atoms with Crippen molar-refractivity contribution in [3.63, 3.8) is 0 Å². The van der Waals surface area contributed by atoms with Crippen LogP contribution < -0.4 is 0 Å². The number of benzene rings is 2. The van der Waals surface area contributed by atoms with Crippen molar-refractivity contribution in [3.8, 4) is 0 Å². The Labute approximate surface area is 115 Å². The second kappa shape index (κ2) is 4.40. The highest BCUT2D eigenvalue weighted by atomic mass is 19.3. The molecule has 102 valence electrons. The Hall–Kier alpha value is -2.23.